The maximum absolute atomic E-state index is 5.70. The van der Waals surface area contributed by atoms with E-state index in [9.17, 15) is 0 Å². The van der Waals surface area contributed by atoms with Crippen molar-refractivity contribution in [2.24, 2.45) is 4.99 Å². The Morgan fingerprint density at radius 2 is 1.82 bits per heavy atom. The van der Waals surface area contributed by atoms with Crippen molar-refractivity contribution < 1.29 is 14.0 Å². The molecule has 0 aliphatic rings. The van der Waals surface area contributed by atoms with Gasteiger partial charge in [-0.05, 0) is 31.2 Å². The molecule has 0 aliphatic heterocycles. The molecule has 0 fully saturated rings. The minimum Gasteiger partial charge on any atom is -0.497 e. The fourth-order valence-electron chi connectivity index (χ4n) is 2.12. The Morgan fingerprint density at radius 1 is 1.14 bits per heavy atom. The van der Waals surface area contributed by atoms with E-state index in [-0.39, 0.29) is 29.4 Å². The van der Waals surface area contributed by atoms with Gasteiger partial charge in [0.1, 0.15) is 24.7 Å². The van der Waals surface area contributed by atoms with Gasteiger partial charge in [0.15, 0.2) is 11.8 Å². The number of halogens is 1. The van der Waals surface area contributed by atoms with E-state index in [1.165, 1.54) is 0 Å². The molecule has 0 saturated carbocycles. The highest BCUT2D eigenvalue weighted by Crippen LogP contribution is 2.19. The number of nitrogens with zero attached hydrogens (tertiary/aromatic N) is 3. The first-order valence-electron chi connectivity index (χ1n) is 9.04. The van der Waals surface area contributed by atoms with Crippen LogP contribution in [-0.2, 0) is 12.0 Å². The van der Waals surface area contributed by atoms with Crippen LogP contribution in [0.2, 0.25) is 0 Å². The van der Waals surface area contributed by atoms with Crippen molar-refractivity contribution in [3.63, 3.8) is 0 Å². The molecular weight excluding hydrogens is 473 g/mol. The van der Waals surface area contributed by atoms with Gasteiger partial charge in [0.05, 0.1) is 13.7 Å². The lowest BCUT2D eigenvalue weighted by Crippen LogP contribution is -2.39. The predicted octanol–water partition coefficient (Wildman–Crippen LogP) is 3.13. The highest BCUT2D eigenvalue weighted by atomic mass is 127. The van der Waals surface area contributed by atoms with E-state index < -0.39 is 0 Å². The van der Waals surface area contributed by atoms with E-state index in [1.54, 1.807) is 7.11 Å². The predicted molar refractivity (Wildman–Crippen MR) is 120 cm³/mol. The largest absolute Gasteiger partial charge is 0.497 e. The molecule has 28 heavy (non-hydrogen) atoms. The molecule has 0 unspecified atom stereocenters. The lowest BCUT2D eigenvalue weighted by molar-refractivity contribution is 0.318. The topological polar surface area (TPSA) is 93.8 Å². The van der Waals surface area contributed by atoms with Crippen molar-refractivity contribution in [2.75, 3.05) is 26.8 Å². The molecule has 2 rings (SSSR count). The van der Waals surface area contributed by atoms with Crippen molar-refractivity contribution in [1.82, 2.24) is 20.8 Å². The van der Waals surface area contributed by atoms with Crippen molar-refractivity contribution in [3.8, 4) is 11.5 Å². The highest BCUT2D eigenvalue weighted by molar-refractivity contribution is 14.0. The Kier molecular flexibility index (Phi) is 10.0. The normalized spacial score (nSPS) is 11.5. The summed E-state index contributed by atoms with van der Waals surface area (Å²) in [4.78, 5) is 8.87. The number of benzene rings is 1. The second-order valence-electron chi connectivity index (χ2n) is 6.91. The van der Waals surface area contributed by atoms with E-state index in [2.05, 4.69) is 25.8 Å². The summed E-state index contributed by atoms with van der Waals surface area (Å²) in [5.74, 6) is 3.45. The Hall–Kier alpha value is -2.04. The average molecular weight is 503 g/mol. The van der Waals surface area contributed by atoms with Gasteiger partial charge in [-0.15, -0.1) is 24.0 Å². The Bertz CT molecular complexity index is 726. The van der Waals surface area contributed by atoms with Crippen LogP contribution in [0.25, 0.3) is 0 Å². The maximum Gasteiger partial charge on any atom is 0.232 e. The van der Waals surface area contributed by atoms with Gasteiger partial charge in [0.2, 0.25) is 5.89 Å². The summed E-state index contributed by atoms with van der Waals surface area (Å²) in [5.41, 5.74) is -0.170. The number of rotatable bonds is 8. The summed E-state index contributed by atoms with van der Waals surface area (Å²) in [5, 5.41) is 10.4. The van der Waals surface area contributed by atoms with Crippen LogP contribution in [0.1, 0.15) is 39.4 Å². The lowest BCUT2D eigenvalue weighted by Gasteiger charge is -2.12. The average Bonchev–Trinajstić information content (AvgIpc) is 3.13. The van der Waals surface area contributed by atoms with Crippen LogP contribution >= 0.6 is 24.0 Å². The number of methoxy groups -OCH3 is 1. The van der Waals surface area contributed by atoms with Crippen LogP contribution in [0.4, 0.5) is 0 Å². The first kappa shape index (κ1) is 24.0. The van der Waals surface area contributed by atoms with Gasteiger partial charge in [-0.3, -0.25) is 0 Å². The van der Waals surface area contributed by atoms with Crippen LogP contribution in [0.5, 0.6) is 11.5 Å². The van der Waals surface area contributed by atoms with Gasteiger partial charge in [0, 0.05) is 12.0 Å². The van der Waals surface area contributed by atoms with Gasteiger partial charge in [-0.25, -0.2) is 4.99 Å². The van der Waals surface area contributed by atoms with Crippen LogP contribution in [0.3, 0.4) is 0 Å². The minimum absolute atomic E-state index is 0. The third kappa shape index (κ3) is 7.91. The second kappa shape index (κ2) is 11.7. The molecule has 0 radical (unpaired) electrons. The van der Waals surface area contributed by atoms with Crippen molar-refractivity contribution in [2.45, 2.75) is 39.7 Å². The molecule has 2 aromatic rings. The molecule has 1 aromatic heterocycles. The van der Waals surface area contributed by atoms with Crippen LogP contribution < -0.4 is 20.1 Å². The molecule has 8 nitrogen and oxygen atoms in total. The Labute approximate surface area is 183 Å². The monoisotopic (exact) mass is 503 g/mol. The van der Waals surface area contributed by atoms with E-state index in [4.69, 9.17) is 14.0 Å². The number of guanidine groups is 1. The fourth-order valence-corrected chi connectivity index (χ4v) is 2.12. The summed E-state index contributed by atoms with van der Waals surface area (Å²) in [6, 6.07) is 7.48. The molecule has 1 aromatic carbocycles. The SMILES string of the molecule is CCNC(=NCc1noc(C(C)(C)C)n1)NCCOc1ccc(OC)cc1.I. The molecule has 0 spiro atoms. The number of aromatic nitrogens is 2. The van der Waals surface area contributed by atoms with E-state index >= 15 is 0 Å². The molecule has 0 amide bonds. The third-order valence-electron chi connectivity index (χ3n) is 3.56. The zero-order valence-corrected chi connectivity index (χ0v) is 19.4. The van der Waals surface area contributed by atoms with Gasteiger partial charge in [-0.2, -0.15) is 4.98 Å². The summed E-state index contributed by atoms with van der Waals surface area (Å²) in [6.45, 7) is 10.3. The van der Waals surface area contributed by atoms with Crippen LogP contribution in [-0.4, -0.2) is 42.9 Å². The number of hydrogen-bond donors (Lipinski definition) is 2. The zero-order chi connectivity index (χ0) is 19.7. The van der Waals surface area contributed by atoms with Gasteiger partial charge in [0.25, 0.3) is 0 Å². The molecular formula is C19H30IN5O3. The zero-order valence-electron chi connectivity index (χ0n) is 17.1. The van der Waals surface area contributed by atoms with E-state index in [0.717, 1.165) is 18.0 Å². The molecule has 0 atom stereocenters. The van der Waals surface area contributed by atoms with Crippen LogP contribution in [0.15, 0.2) is 33.8 Å². The molecule has 0 aliphatic carbocycles. The van der Waals surface area contributed by atoms with Crippen molar-refractivity contribution in [1.29, 1.82) is 0 Å². The molecule has 156 valence electrons. The fraction of sp³-hybridized carbons (Fsp3) is 0.526. The van der Waals surface area contributed by atoms with Gasteiger partial charge >= 0.3 is 0 Å². The number of hydrogen-bond acceptors (Lipinski definition) is 6. The summed E-state index contributed by atoms with van der Waals surface area (Å²) >= 11 is 0. The number of aliphatic imine (C=N–C) groups is 1. The molecule has 0 bridgehead atoms. The van der Waals surface area contributed by atoms with Crippen molar-refractivity contribution in [3.05, 3.63) is 36.0 Å². The number of ether oxygens (including phenoxy) is 2. The first-order chi connectivity index (χ1) is 12.9. The van der Waals surface area contributed by atoms with E-state index in [1.807, 2.05) is 52.0 Å². The minimum atomic E-state index is -0.170. The maximum atomic E-state index is 5.70. The molecule has 2 N–H and O–H groups in total. The Morgan fingerprint density at radius 3 is 2.39 bits per heavy atom. The van der Waals surface area contributed by atoms with Gasteiger partial charge < -0.3 is 24.6 Å². The summed E-state index contributed by atoms with van der Waals surface area (Å²) in [7, 11) is 1.64. The smallest absolute Gasteiger partial charge is 0.232 e. The van der Waals surface area contributed by atoms with Gasteiger partial charge in [-0.1, -0.05) is 25.9 Å². The Balaban J connectivity index is 0.00000392. The van der Waals surface area contributed by atoms with Crippen LogP contribution in [0, 0.1) is 0 Å². The summed E-state index contributed by atoms with van der Waals surface area (Å²) in [6.07, 6.45) is 0. The lowest BCUT2D eigenvalue weighted by atomic mass is 9.97. The molecule has 9 heteroatoms. The second-order valence-corrected chi connectivity index (χ2v) is 6.91. The summed E-state index contributed by atoms with van der Waals surface area (Å²) < 4.78 is 16.1. The third-order valence-corrected chi connectivity index (χ3v) is 3.56. The number of nitrogens with one attached hydrogen (secondary N) is 2. The first-order valence-corrected chi connectivity index (χ1v) is 9.04. The standard InChI is InChI=1S/C19H29N5O3.HI/c1-6-20-18(22-13-16-23-17(27-24-16)19(2,3)4)21-11-12-26-15-9-7-14(25-5)8-10-15;/h7-10H,6,11-13H2,1-5H3,(H2,20,21,22);1H. The molecule has 0 saturated heterocycles. The quantitative estimate of drug-likeness (QED) is 0.248. The van der Waals surface area contributed by atoms with E-state index in [0.29, 0.717) is 37.4 Å². The molecule has 1 heterocycles. The highest BCUT2D eigenvalue weighted by Gasteiger charge is 2.21. The van der Waals surface area contributed by atoms with Crippen molar-refractivity contribution >= 4 is 29.9 Å².